The van der Waals surface area contributed by atoms with Crippen molar-refractivity contribution in [3.8, 4) is 0 Å². The van der Waals surface area contributed by atoms with Crippen molar-refractivity contribution in [1.82, 2.24) is 24.0 Å². The van der Waals surface area contributed by atoms with Crippen molar-refractivity contribution in [2.45, 2.75) is 47.5 Å². The van der Waals surface area contributed by atoms with Gasteiger partial charge in [-0.3, -0.25) is 0 Å². The third-order valence-corrected chi connectivity index (χ3v) is 3.98. The van der Waals surface area contributed by atoms with Crippen molar-refractivity contribution in [1.29, 1.82) is 0 Å². The van der Waals surface area contributed by atoms with Crippen molar-refractivity contribution in [3.63, 3.8) is 0 Å². The smallest absolute Gasteiger partial charge is 0.155 e. The fourth-order valence-corrected chi connectivity index (χ4v) is 2.47. The molecule has 0 aliphatic carbocycles. The molecule has 4 aromatic rings. The minimum absolute atomic E-state index is 0. The average molecular weight is 337 g/mol. The molecule has 0 aliphatic rings. The predicted molar refractivity (Wildman–Crippen MR) is 103 cm³/mol. The molecule has 0 radical (unpaired) electrons. The van der Waals surface area contributed by atoms with E-state index in [2.05, 4.69) is 72.4 Å². The van der Waals surface area contributed by atoms with Crippen LogP contribution in [0, 0.1) is 13.8 Å². The van der Waals surface area contributed by atoms with Crippen LogP contribution in [-0.2, 0) is 5.41 Å². The maximum Gasteiger partial charge on any atom is 0.155 e. The standard InChI is InChI=1S/C10H13N3.C9H10N2.CH4/c1-10(2,3)8-4-5-9-11-7-12-13(9)6-8;1-7-3-4-9-10-5-8(2)11(9)6-7;/h4-7H,1-3H3;3-6H,1-2H3;1H4. The van der Waals surface area contributed by atoms with E-state index in [0.717, 1.165) is 11.3 Å². The predicted octanol–water partition coefficient (Wildman–Crippen LogP) is 4.61. The van der Waals surface area contributed by atoms with Crippen LogP contribution in [0.5, 0.6) is 0 Å². The molecule has 132 valence electrons. The van der Waals surface area contributed by atoms with Crippen LogP contribution in [0.2, 0.25) is 0 Å². The Bertz CT molecular complexity index is 973. The summed E-state index contributed by atoms with van der Waals surface area (Å²) in [7, 11) is 0. The summed E-state index contributed by atoms with van der Waals surface area (Å²) >= 11 is 0. The normalized spacial score (nSPS) is 11.1. The third kappa shape index (κ3) is 4.05. The molecule has 25 heavy (non-hydrogen) atoms. The first-order valence-electron chi connectivity index (χ1n) is 8.05. The van der Waals surface area contributed by atoms with E-state index in [-0.39, 0.29) is 12.8 Å². The zero-order valence-corrected chi connectivity index (χ0v) is 14.9. The van der Waals surface area contributed by atoms with Crippen molar-refractivity contribution in [2.24, 2.45) is 0 Å². The van der Waals surface area contributed by atoms with Crippen LogP contribution < -0.4 is 0 Å². The first-order valence-corrected chi connectivity index (χ1v) is 8.05. The number of fused-ring (bicyclic) bond motifs is 2. The summed E-state index contributed by atoms with van der Waals surface area (Å²) in [5.74, 6) is 0. The van der Waals surface area contributed by atoms with Gasteiger partial charge < -0.3 is 4.40 Å². The molecule has 4 rings (SSSR count). The van der Waals surface area contributed by atoms with Gasteiger partial charge in [-0.2, -0.15) is 5.10 Å². The Morgan fingerprint density at radius 2 is 1.60 bits per heavy atom. The molecule has 0 saturated heterocycles. The van der Waals surface area contributed by atoms with Gasteiger partial charge in [-0.25, -0.2) is 14.5 Å². The first kappa shape index (κ1) is 18.6. The highest BCUT2D eigenvalue weighted by atomic mass is 15.3. The number of hydrogen-bond donors (Lipinski definition) is 0. The zero-order chi connectivity index (χ0) is 17.3. The Hall–Kier alpha value is -2.69. The number of nitrogens with zero attached hydrogens (tertiary/aromatic N) is 5. The number of rotatable bonds is 0. The Morgan fingerprint density at radius 3 is 2.32 bits per heavy atom. The highest BCUT2D eigenvalue weighted by Gasteiger charge is 2.13. The van der Waals surface area contributed by atoms with Gasteiger partial charge >= 0.3 is 0 Å². The van der Waals surface area contributed by atoms with Crippen molar-refractivity contribution < 1.29 is 0 Å². The lowest BCUT2D eigenvalue weighted by Gasteiger charge is -2.18. The molecule has 4 heterocycles. The van der Waals surface area contributed by atoms with Gasteiger partial charge in [0, 0.05) is 24.3 Å². The van der Waals surface area contributed by atoms with Gasteiger partial charge in [0.15, 0.2) is 5.65 Å². The Kier molecular flexibility index (Phi) is 5.26. The molecule has 0 saturated carbocycles. The molecule has 0 atom stereocenters. The van der Waals surface area contributed by atoms with E-state index in [9.17, 15) is 0 Å². The minimum atomic E-state index is 0. The molecule has 0 unspecified atom stereocenters. The minimum Gasteiger partial charge on any atom is -0.304 e. The van der Waals surface area contributed by atoms with Crippen molar-refractivity contribution in [2.75, 3.05) is 0 Å². The summed E-state index contributed by atoms with van der Waals surface area (Å²) in [5, 5.41) is 4.10. The first-order chi connectivity index (χ1) is 11.3. The molecule has 0 N–H and O–H groups in total. The van der Waals surface area contributed by atoms with Crippen LogP contribution >= 0.6 is 0 Å². The summed E-state index contributed by atoms with van der Waals surface area (Å²) in [6, 6.07) is 8.20. The Labute approximate surface area is 149 Å². The van der Waals surface area contributed by atoms with Crippen LogP contribution in [0.3, 0.4) is 0 Å². The number of imidazole rings is 1. The molecule has 0 fully saturated rings. The summed E-state index contributed by atoms with van der Waals surface area (Å²) in [5.41, 5.74) is 5.80. The number of pyridine rings is 2. The Morgan fingerprint density at radius 1 is 0.880 bits per heavy atom. The summed E-state index contributed by atoms with van der Waals surface area (Å²) in [6.45, 7) is 10.7. The fraction of sp³-hybridized carbons (Fsp3) is 0.350. The van der Waals surface area contributed by atoms with Crippen LogP contribution in [0.1, 0.15) is 45.0 Å². The van der Waals surface area contributed by atoms with Crippen LogP contribution in [0.4, 0.5) is 0 Å². The van der Waals surface area contributed by atoms with E-state index in [1.165, 1.54) is 16.8 Å². The largest absolute Gasteiger partial charge is 0.304 e. The lowest BCUT2D eigenvalue weighted by molar-refractivity contribution is 0.584. The summed E-state index contributed by atoms with van der Waals surface area (Å²) in [6.07, 6.45) is 7.58. The molecule has 0 amide bonds. The van der Waals surface area contributed by atoms with Gasteiger partial charge in [0.1, 0.15) is 12.0 Å². The second-order valence-electron chi connectivity index (χ2n) is 7.06. The van der Waals surface area contributed by atoms with Gasteiger partial charge in [-0.05, 0) is 42.5 Å². The SMILES string of the molecule is C.CC(C)(C)c1ccc2ncnn2c1.Cc1ccc2ncc(C)n2c1. The van der Waals surface area contributed by atoms with Crippen LogP contribution in [-0.4, -0.2) is 24.0 Å². The highest BCUT2D eigenvalue weighted by Crippen LogP contribution is 2.21. The summed E-state index contributed by atoms with van der Waals surface area (Å²) in [4.78, 5) is 8.32. The van der Waals surface area contributed by atoms with E-state index in [1.54, 1.807) is 10.8 Å². The molecule has 5 heteroatoms. The van der Waals surface area contributed by atoms with Crippen LogP contribution in [0.25, 0.3) is 11.3 Å². The average Bonchev–Trinajstić information content (AvgIpc) is 3.13. The maximum atomic E-state index is 4.22. The number of aryl methyl sites for hydroxylation is 2. The van der Waals surface area contributed by atoms with E-state index in [0.29, 0.717) is 0 Å². The summed E-state index contributed by atoms with van der Waals surface area (Å²) < 4.78 is 3.90. The van der Waals surface area contributed by atoms with E-state index in [4.69, 9.17) is 0 Å². The molecule has 4 aromatic heterocycles. The fourth-order valence-electron chi connectivity index (χ4n) is 2.47. The molecule has 0 spiro atoms. The molecule has 5 nitrogen and oxygen atoms in total. The lowest BCUT2D eigenvalue weighted by Crippen LogP contribution is -2.12. The second-order valence-corrected chi connectivity index (χ2v) is 7.06. The molecular weight excluding hydrogens is 310 g/mol. The molecule has 0 aromatic carbocycles. The van der Waals surface area contributed by atoms with Crippen molar-refractivity contribution >= 4 is 11.3 Å². The van der Waals surface area contributed by atoms with E-state index in [1.807, 2.05) is 24.5 Å². The number of hydrogen-bond acceptors (Lipinski definition) is 3. The molecule has 0 aliphatic heterocycles. The maximum absolute atomic E-state index is 4.22. The monoisotopic (exact) mass is 337 g/mol. The van der Waals surface area contributed by atoms with Gasteiger partial charge in [0.2, 0.25) is 0 Å². The van der Waals surface area contributed by atoms with Crippen LogP contribution in [0.15, 0.2) is 49.2 Å². The highest BCUT2D eigenvalue weighted by molar-refractivity contribution is 5.41. The zero-order valence-electron chi connectivity index (χ0n) is 14.9. The van der Waals surface area contributed by atoms with Crippen molar-refractivity contribution in [3.05, 3.63) is 66.0 Å². The molecular formula is C20H27N5. The molecule has 0 bridgehead atoms. The van der Waals surface area contributed by atoms with Gasteiger partial charge in [-0.15, -0.1) is 0 Å². The third-order valence-electron chi connectivity index (χ3n) is 3.98. The second kappa shape index (κ2) is 7.05. The van der Waals surface area contributed by atoms with Gasteiger partial charge in [-0.1, -0.05) is 40.3 Å². The van der Waals surface area contributed by atoms with Gasteiger partial charge in [0.25, 0.3) is 0 Å². The lowest BCUT2D eigenvalue weighted by atomic mass is 9.88. The quantitative estimate of drug-likeness (QED) is 0.470. The van der Waals surface area contributed by atoms with Gasteiger partial charge in [0.05, 0.1) is 0 Å². The number of aromatic nitrogens is 5. The topological polar surface area (TPSA) is 47.5 Å². The van der Waals surface area contributed by atoms with E-state index >= 15 is 0 Å². The Balaban J connectivity index is 0.000000175. The van der Waals surface area contributed by atoms with E-state index < -0.39 is 0 Å².